The first-order valence-corrected chi connectivity index (χ1v) is 6.27. The topological polar surface area (TPSA) is 26.3 Å². The fourth-order valence-electron chi connectivity index (χ4n) is 1.53. The Morgan fingerprint density at radius 3 is 2.31 bits per heavy atom. The smallest absolute Gasteiger partial charge is 0.323 e. The van der Waals surface area contributed by atoms with Crippen LogP contribution in [0.2, 0.25) is 0 Å². The molecular formula is C13H17BrO2. The second-order valence-electron chi connectivity index (χ2n) is 4.23. The summed E-state index contributed by atoms with van der Waals surface area (Å²) >= 11 is 3.31. The van der Waals surface area contributed by atoms with Crippen LogP contribution in [0.4, 0.5) is 0 Å². The lowest BCUT2D eigenvalue weighted by Gasteiger charge is -2.09. The zero-order valence-electron chi connectivity index (χ0n) is 9.87. The summed E-state index contributed by atoms with van der Waals surface area (Å²) in [5.74, 6) is 0.378. The third kappa shape index (κ3) is 3.63. The highest BCUT2D eigenvalue weighted by Gasteiger charge is 2.17. The van der Waals surface area contributed by atoms with Gasteiger partial charge in [0.2, 0.25) is 0 Å². The SMILES string of the molecule is COC(=O)C(Br)c1ccc(CC(C)C)cc1. The summed E-state index contributed by atoms with van der Waals surface area (Å²) in [6.45, 7) is 4.38. The van der Waals surface area contributed by atoms with Gasteiger partial charge in [0.05, 0.1) is 7.11 Å². The molecular weight excluding hydrogens is 268 g/mol. The number of esters is 1. The quantitative estimate of drug-likeness (QED) is 0.625. The number of methoxy groups -OCH3 is 1. The number of alkyl halides is 1. The minimum absolute atomic E-state index is 0.267. The molecule has 1 unspecified atom stereocenters. The number of rotatable bonds is 4. The Balaban J connectivity index is 2.74. The van der Waals surface area contributed by atoms with E-state index in [9.17, 15) is 4.79 Å². The van der Waals surface area contributed by atoms with Gasteiger partial charge in [0.25, 0.3) is 0 Å². The molecule has 0 aliphatic heterocycles. The van der Waals surface area contributed by atoms with Crippen molar-refractivity contribution in [2.45, 2.75) is 25.1 Å². The molecule has 0 saturated carbocycles. The van der Waals surface area contributed by atoms with Crippen molar-refractivity contribution in [3.8, 4) is 0 Å². The maximum absolute atomic E-state index is 11.3. The van der Waals surface area contributed by atoms with Gasteiger partial charge in [0.1, 0.15) is 4.83 Å². The van der Waals surface area contributed by atoms with Gasteiger partial charge in [-0.15, -0.1) is 0 Å². The van der Waals surface area contributed by atoms with Crippen LogP contribution in [-0.4, -0.2) is 13.1 Å². The van der Waals surface area contributed by atoms with E-state index in [0.29, 0.717) is 5.92 Å². The van der Waals surface area contributed by atoms with Gasteiger partial charge in [-0.1, -0.05) is 54.0 Å². The van der Waals surface area contributed by atoms with Crippen LogP contribution in [0.5, 0.6) is 0 Å². The number of ether oxygens (including phenoxy) is 1. The highest BCUT2D eigenvalue weighted by atomic mass is 79.9. The molecule has 0 aliphatic carbocycles. The van der Waals surface area contributed by atoms with Gasteiger partial charge in [0.15, 0.2) is 0 Å². The third-order valence-corrected chi connectivity index (χ3v) is 3.23. The summed E-state index contributed by atoms with van der Waals surface area (Å²) in [4.78, 5) is 10.9. The van der Waals surface area contributed by atoms with E-state index in [2.05, 4.69) is 46.6 Å². The van der Waals surface area contributed by atoms with E-state index in [1.807, 2.05) is 12.1 Å². The fourth-order valence-corrected chi connectivity index (χ4v) is 2.03. The largest absolute Gasteiger partial charge is 0.468 e. The molecule has 88 valence electrons. The van der Waals surface area contributed by atoms with Crippen LogP contribution in [-0.2, 0) is 16.0 Å². The molecule has 0 amide bonds. The average molecular weight is 285 g/mol. The Bertz CT molecular complexity index is 343. The Morgan fingerprint density at radius 1 is 1.31 bits per heavy atom. The monoisotopic (exact) mass is 284 g/mol. The summed E-state index contributed by atoms with van der Waals surface area (Å²) < 4.78 is 4.68. The van der Waals surface area contributed by atoms with Crippen molar-refractivity contribution in [1.82, 2.24) is 0 Å². The van der Waals surface area contributed by atoms with Crippen LogP contribution in [0.1, 0.15) is 29.8 Å². The number of hydrogen-bond acceptors (Lipinski definition) is 2. The lowest BCUT2D eigenvalue weighted by molar-refractivity contribution is -0.139. The van der Waals surface area contributed by atoms with Crippen molar-refractivity contribution in [2.24, 2.45) is 5.92 Å². The van der Waals surface area contributed by atoms with Gasteiger partial charge in [-0.3, -0.25) is 4.79 Å². The highest BCUT2D eigenvalue weighted by molar-refractivity contribution is 9.09. The van der Waals surface area contributed by atoms with Crippen LogP contribution >= 0.6 is 15.9 Å². The number of carbonyl (C=O) groups is 1. The number of hydrogen-bond donors (Lipinski definition) is 0. The lowest BCUT2D eigenvalue weighted by atomic mass is 10.0. The van der Waals surface area contributed by atoms with Crippen molar-refractivity contribution >= 4 is 21.9 Å². The molecule has 0 aromatic heterocycles. The lowest BCUT2D eigenvalue weighted by Crippen LogP contribution is -2.08. The van der Waals surface area contributed by atoms with E-state index in [0.717, 1.165) is 12.0 Å². The van der Waals surface area contributed by atoms with Crippen LogP contribution in [0, 0.1) is 5.92 Å². The first-order valence-electron chi connectivity index (χ1n) is 5.35. The van der Waals surface area contributed by atoms with Crippen molar-refractivity contribution in [2.75, 3.05) is 7.11 Å². The molecule has 16 heavy (non-hydrogen) atoms. The minimum atomic E-state index is -0.370. The first-order chi connectivity index (χ1) is 7.54. The molecule has 0 radical (unpaired) electrons. The van der Waals surface area contributed by atoms with Crippen molar-refractivity contribution in [3.05, 3.63) is 35.4 Å². The minimum Gasteiger partial charge on any atom is -0.468 e. The summed E-state index contributed by atoms with van der Waals surface area (Å²) in [6.07, 6.45) is 1.06. The zero-order valence-corrected chi connectivity index (χ0v) is 11.5. The zero-order chi connectivity index (χ0) is 12.1. The maximum Gasteiger partial charge on any atom is 0.323 e. The Labute approximate surface area is 105 Å². The standard InChI is InChI=1S/C13H17BrO2/c1-9(2)8-10-4-6-11(7-5-10)12(14)13(15)16-3/h4-7,9,12H,8H2,1-3H3. The number of carbonyl (C=O) groups excluding carboxylic acids is 1. The highest BCUT2D eigenvalue weighted by Crippen LogP contribution is 2.24. The molecule has 0 bridgehead atoms. The van der Waals surface area contributed by atoms with Crippen molar-refractivity contribution < 1.29 is 9.53 Å². The summed E-state index contributed by atoms with van der Waals surface area (Å²) in [5.41, 5.74) is 2.22. The molecule has 0 fully saturated rings. The number of benzene rings is 1. The molecule has 0 spiro atoms. The summed E-state index contributed by atoms with van der Waals surface area (Å²) in [6, 6.07) is 8.06. The van der Waals surface area contributed by atoms with E-state index < -0.39 is 0 Å². The van der Waals surface area contributed by atoms with Gasteiger partial charge in [-0.05, 0) is 23.5 Å². The molecule has 2 nitrogen and oxygen atoms in total. The molecule has 0 aliphatic rings. The molecule has 0 heterocycles. The fraction of sp³-hybridized carbons (Fsp3) is 0.462. The second-order valence-corrected chi connectivity index (χ2v) is 5.14. The molecule has 1 aromatic rings. The Kier molecular flexibility index (Phi) is 5.00. The molecule has 1 atom stereocenters. The third-order valence-electron chi connectivity index (χ3n) is 2.32. The van der Waals surface area contributed by atoms with Crippen LogP contribution < -0.4 is 0 Å². The Morgan fingerprint density at radius 2 is 1.88 bits per heavy atom. The van der Waals surface area contributed by atoms with Crippen LogP contribution in [0.3, 0.4) is 0 Å². The van der Waals surface area contributed by atoms with Gasteiger partial charge in [-0.25, -0.2) is 0 Å². The van der Waals surface area contributed by atoms with Gasteiger partial charge < -0.3 is 4.74 Å². The van der Waals surface area contributed by atoms with E-state index >= 15 is 0 Å². The van der Waals surface area contributed by atoms with Gasteiger partial charge in [0, 0.05) is 0 Å². The van der Waals surface area contributed by atoms with Crippen molar-refractivity contribution in [3.63, 3.8) is 0 Å². The predicted molar refractivity (Wildman–Crippen MR) is 68.7 cm³/mol. The van der Waals surface area contributed by atoms with Crippen molar-refractivity contribution in [1.29, 1.82) is 0 Å². The predicted octanol–water partition coefficient (Wildman–Crippen LogP) is 3.49. The average Bonchev–Trinajstić information content (AvgIpc) is 2.27. The van der Waals surface area contributed by atoms with Gasteiger partial charge in [-0.2, -0.15) is 0 Å². The second kappa shape index (κ2) is 6.04. The van der Waals surface area contributed by atoms with Crippen LogP contribution in [0.15, 0.2) is 24.3 Å². The Hall–Kier alpha value is -0.830. The molecule has 1 aromatic carbocycles. The molecule has 0 N–H and O–H groups in total. The summed E-state index contributed by atoms with van der Waals surface area (Å²) in [5, 5.41) is 0. The molecule has 1 rings (SSSR count). The van der Waals surface area contributed by atoms with E-state index in [-0.39, 0.29) is 10.8 Å². The van der Waals surface area contributed by atoms with E-state index in [4.69, 9.17) is 0 Å². The number of halogens is 1. The van der Waals surface area contributed by atoms with Crippen LogP contribution in [0.25, 0.3) is 0 Å². The first kappa shape index (κ1) is 13.2. The van der Waals surface area contributed by atoms with E-state index in [1.54, 1.807) is 0 Å². The summed E-state index contributed by atoms with van der Waals surface area (Å²) in [7, 11) is 1.39. The normalized spacial score (nSPS) is 12.6. The molecule has 0 saturated heterocycles. The molecule has 3 heteroatoms. The maximum atomic E-state index is 11.3. The van der Waals surface area contributed by atoms with E-state index in [1.165, 1.54) is 12.7 Å². The van der Waals surface area contributed by atoms with Gasteiger partial charge >= 0.3 is 5.97 Å².